The van der Waals surface area contributed by atoms with Crippen LogP contribution in [0.5, 0.6) is 0 Å². The van der Waals surface area contributed by atoms with Crippen molar-refractivity contribution in [1.29, 1.82) is 0 Å². The molecule has 3 atom stereocenters. The van der Waals surface area contributed by atoms with Gasteiger partial charge in [0.05, 0.1) is 6.04 Å². The van der Waals surface area contributed by atoms with Crippen LogP contribution in [0.15, 0.2) is 0 Å². The molecule has 1 heterocycles. The number of hydrogen-bond acceptors (Lipinski definition) is 4. The van der Waals surface area contributed by atoms with Gasteiger partial charge in [0.2, 0.25) is 0 Å². The lowest BCUT2D eigenvalue weighted by Crippen LogP contribution is -2.54. The Labute approximate surface area is 122 Å². The number of piperidine rings is 1. The topological polar surface area (TPSA) is 32.8 Å². The molecule has 5 heteroatoms. The van der Waals surface area contributed by atoms with Crippen LogP contribution < -0.4 is 0 Å². The summed E-state index contributed by atoms with van der Waals surface area (Å²) in [5, 5.41) is 0.224. The van der Waals surface area contributed by atoms with Gasteiger partial charge in [-0.15, -0.1) is 0 Å². The van der Waals surface area contributed by atoms with Crippen molar-refractivity contribution in [2.45, 2.75) is 58.1 Å². The van der Waals surface area contributed by atoms with Gasteiger partial charge in [-0.05, 0) is 46.6 Å². The zero-order chi connectivity index (χ0) is 14.8. The average Bonchev–Trinajstić information content (AvgIpc) is 2.26. The minimum atomic E-state index is -0.445. The molecule has 1 saturated heterocycles. The number of rotatable bonds is 2. The maximum Gasteiger partial charge on any atom is 0.410 e. The van der Waals surface area contributed by atoms with E-state index >= 15 is 0 Å². The Morgan fingerprint density at radius 1 is 1.47 bits per heavy atom. The van der Waals surface area contributed by atoms with E-state index in [1.165, 1.54) is 0 Å². The molecule has 0 saturated carbocycles. The number of ether oxygens (including phenoxy) is 1. The van der Waals surface area contributed by atoms with Crippen LogP contribution in [0, 0.1) is 5.92 Å². The highest BCUT2D eigenvalue weighted by atomic mass is 32.1. The summed E-state index contributed by atoms with van der Waals surface area (Å²) in [4.78, 5) is 16.2. The van der Waals surface area contributed by atoms with Gasteiger partial charge in [0, 0.05) is 19.0 Å². The summed E-state index contributed by atoms with van der Waals surface area (Å²) in [5.41, 5.74) is -0.445. The molecule has 4 nitrogen and oxygen atoms in total. The van der Waals surface area contributed by atoms with Gasteiger partial charge in [-0.2, -0.15) is 12.6 Å². The molecule has 1 amide bonds. The fourth-order valence-electron chi connectivity index (χ4n) is 2.39. The van der Waals surface area contributed by atoms with Crippen molar-refractivity contribution in [2.75, 3.05) is 20.1 Å². The molecule has 1 aliphatic rings. The van der Waals surface area contributed by atoms with Gasteiger partial charge >= 0.3 is 6.09 Å². The summed E-state index contributed by atoms with van der Waals surface area (Å²) >= 11 is 4.49. The number of nitrogens with zero attached hydrogens (tertiary/aromatic N) is 2. The predicted octanol–water partition coefficient (Wildman–Crippen LogP) is 2.84. The molecule has 0 radical (unpaired) electrons. The smallest absolute Gasteiger partial charge is 0.410 e. The van der Waals surface area contributed by atoms with E-state index in [0.717, 1.165) is 19.5 Å². The molecule has 0 aromatic rings. The molecule has 0 aliphatic carbocycles. The predicted molar refractivity (Wildman–Crippen MR) is 81.6 cm³/mol. The van der Waals surface area contributed by atoms with E-state index < -0.39 is 5.60 Å². The van der Waals surface area contributed by atoms with Crippen LogP contribution in [0.1, 0.15) is 41.0 Å². The van der Waals surface area contributed by atoms with Crippen LogP contribution in [0.4, 0.5) is 4.79 Å². The van der Waals surface area contributed by atoms with Crippen molar-refractivity contribution in [2.24, 2.45) is 5.92 Å². The molecular formula is C14H28N2O2S. The van der Waals surface area contributed by atoms with E-state index in [1.807, 2.05) is 27.8 Å². The summed E-state index contributed by atoms with van der Waals surface area (Å²) in [6, 6.07) is 0.193. The van der Waals surface area contributed by atoms with E-state index in [9.17, 15) is 4.79 Å². The SMILES string of the molecule is CC1CCN(C(C)S)CC1N(C)C(=O)OC(C)(C)C. The number of carbonyl (C=O) groups is 1. The Morgan fingerprint density at radius 2 is 2.05 bits per heavy atom. The van der Waals surface area contributed by atoms with E-state index in [2.05, 4.69) is 31.4 Å². The summed E-state index contributed by atoms with van der Waals surface area (Å²) in [7, 11) is 1.84. The molecule has 3 unspecified atom stereocenters. The highest BCUT2D eigenvalue weighted by Crippen LogP contribution is 2.24. The van der Waals surface area contributed by atoms with Gasteiger partial charge in [-0.25, -0.2) is 4.79 Å². The van der Waals surface area contributed by atoms with E-state index in [0.29, 0.717) is 5.92 Å². The lowest BCUT2D eigenvalue weighted by Gasteiger charge is -2.43. The van der Waals surface area contributed by atoms with Crippen LogP contribution in [0.2, 0.25) is 0 Å². The standard InChI is InChI=1S/C14H28N2O2S/c1-10-7-8-16(11(2)19)9-12(10)15(6)13(17)18-14(3,4)5/h10-12,19H,7-9H2,1-6H3. The van der Waals surface area contributed by atoms with Crippen molar-refractivity contribution >= 4 is 18.7 Å². The van der Waals surface area contributed by atoms with Crippen LogP contribution in [0.25, 0.3) is 0 Å². The van der Waals surface area contributed by atoms with Crippen molar-refractivity contribution < 1.29 is 9.53 Å². The van der Waals surface area contributed by atoms with E-state index in [1.54, 1.807) is 4.90 Å². The molecule has 0 bridgehead atoms. The highest BCUT2D eigenvalue weighted by Gasteiger charge is 2.34. The monoisotopic (exact) mass is 288 g/mol. The summed E-state index contributed by atoms with van der Waals surface area (Å²) in [5.74, 6) is 0.487. The first-order valence-corrected chi connectivity index (χ1v) is 7.51. The lowest BCUT2D eigenvalue weighted by molar-refractivity contribution is 0.00390. The van der Waals surface area contributed by atoms with Crippen LogP contribution in [0.3, 0.4) is 0 Å². The van der Waals surface area contributed by atoms with E-state index in [-0.39, 0.29) is 17.5 Å². The van der Waals surface area contributed by atoms with Gasteiger partial charge < -0.3 is 9.64 Å². The number of amides is 1. The van der Waals surface area contributed by atoms with E-state index in [4.69, 9.17) is 4.74 Å². The molecule has 0 aromatic heterocycles. The maximum absolute atomic E-state index is 12.1. The zero-order valence-corrected chi connectivity index (χ0v) is 13.9. The number of likely N-dealkylation sites (tertiary alicyclic amines) is 1. The second-order valence-electron chi connectivity index (χ2n) is 6.55. The summed E-state index contributed by atoms with van der Waals surface area (Å²) in [6.45, 7) is 11.9. The Hall–Kier alpha value is -0.420. The molecular weight excluding hydrogens is 260 g/mol. The fraction of sp³-hybridized carbons (Fsp3) is 0.929. The van der Waals surface area contributed by atoms with Crippen LogP contribution in [-0.2, 0) is 4.74 Å². The van der Waals surface area contributed by atoms with Gasteiger partial charge in [0.1, 0.15) is 5.60 Å². The van der Waals surface area contributed by atoms with Crippen LogP contribution >= 0.6 is 12.6 Å². The van der Waals surface area contributed by atoms with Crippen molar-refractivity contribution in [3.63, 3.8) is 0 Å². The minimum Gasteiger partial charge on any atom is -0.444 e. The van der Waals surface area contributed by atoms with Gasteiger partial charge in [0.25, 0.3) is 0 Å². The van der Waals surface area contributed by atoms with Crippen LogP contribution in [-0.4, -0.2) is 53.0 Å². The Balaban J connectivity index is 2.68. The molecule has 1 fully saturated rings. The second-order valence-corrected chi connectivity index (χ2v) is 7.30. The number of likely N-dealkylation sites (N-methyl/N-ethyl adjacent to an activating group) is 1. The molecule has 1 rings (SSSR count). The van der Waals surface area contributed by atoms with Crippen molar-refractivity contribution in [3.05, 3.63) is 0 Å². The zero-order valence-electron chi connectivity index (χ0n) is 13.0. The highest BCUT2D eigenvalue weighted by molar-refractivity contribution is 7.80. The first-order valence-electron chi connectivity index (χ1n) is 6.99. The summed E-state index contributed by atoms with van der Waals surface area (Å²) < 4.78 is 5.45. The quantitative estimate of drug-likeness (QED) is 0.793. The normalized spacial score (nSPS) is 26.9. The molecule has 0 N–H and O–H groups in total. The maximum atomic E-state index is 12.1. The number of carbonyl (C=O) groups excluding carboxylic acids is 1. The third kappa shape index (κ3) is 4.88. The molecule has 0 spiro atoms. The summed E-state index contributed by atoms with van der Waals surface area (Å²) in [6.07, 6.45) is 0.848. The largest absolute Gasteiger partial charge is 0.444 e. The molecule has 112 valence electrons. The lowest BCUT2D eigenvalue weighted by atomic mass is 9.92. The average molecular weight is 288 g/mol. The first-order chi connectivity index (χ1) is 8.61. The minimum absolute atomic E-state index is 0.193. The molecule has 0 aromatic carbocycles. The third-order valence-electron chi connectivity index (χ3n) is 3.66. The molecule has 1 aliphatic heterocycles. The Morgan fingerprint density at radius 3 is 2.53 bits per heavy atom. The van der Waals surface area contributed by atoms with Crippen molar-refractivity contribution in [1.82, 2.24) is 9.80 Å². The number of thiol groups is 1. The van der Waals surface area contributed by atoms with Gasteiger partial charge in [-0.3, -0.25) is 4.90 Å². The third-order valence-corrected chi connectivity index (χ3v) is 3.98. The molecule has 19 heavy (non-hydrogen) atoms. The Kier molecular flexibility index (Phi) is 5.56. The second kappa shape index (κ2) is 6.35. The van der Waals surface area contributed by atoms with Gasteiger partial charge in [0.15, 0.2) is 0 Å². The Bertz CT molecular complexity index is 315. The number of hydrogen-bond donors (Lipinski definition) is 1. The fourth-order valence-corrected chi connectivity index (χ4v) is 2.60. The first kappa shape index (κ1) is 16.6. The van der Waals surface area contributed by atoms with Gasteiger partial charge in [-0.1, -0.05) is 6.92 Å². The van der Waals surface area contributed by atoms with Crippen molar-refractivity contribution in [3.8, 4) is 0 Å².